The molecule has 0 aromatic carbocycles. The largest absolute Gasteiger partial charge is 0.357 e. The monoisotopic (exact) mass is 368 g/mol. The first-order valence-corrected chi connectivity index (χ1v) is 10.9. The third kappa shape index (κ3) is 8.86. The maximum Gasteiger partial charge on any atom is 0.191 e. The van der Waals surface area contributed by atoms with Crippen LogP contribution in [0.3, 0.4) is 0 Å². The minimum absolute atomic E-state index is 0.0309. The van der Waals surface area contributed by atoms with Gasteiger partial charge in [0, 0.05) is 43.7 Å². The molecule has 0 spiro atoms. The van der Waals surface area contributed by atoms with Crippen molar-refractivity contribution in [3.63, 3.8) is 0 Å². The highest BCUT2D eigenvalue weighted by molar-refractivity contribution is 7.90. The van der Waals surface area contributed by atoms with Crippen molar-refractivity contribution in [2.24, 2.45) is 10.9 Å². The predicted molar refractivity (Wildman–Crippen MR) is 105 cm³/mol. The standard InChI is InChI=1S/C18H32N4O2S/c1-6-20-18(22-15(4)9-11-25(5,23)24)21-13-17(14(2)3)16-8-7-10-19-12-16/h7-8,10,12,14-15,17H,6,9,11,13H2,1-5H3,(H2,20,21,22). The Kier molecular flexibility index (Phi) is 8.89. The van der Waals surface area contributed by atoms with Gasteiger partial charge >= 0.3 is 0 Å². The molecule has 25 heavy (non-hydrogen) atoms. The first-order chi connectivity index (χ1) is 11.7. The lowest BCUT2D eigenvalue weighted by molar-refractivity contribution is 0.503. The van der Waals surface area contributed by atoms with E-state index in [0.717, 1.165) is 12.5 Å². The van der Waals surface area contributed by atoms with Crippen LogP contribution in [0.25, 0.3) is 0 Å². The zero-order valence-electron chi connectivity index (χ0n) is 16.0. The SMILES string of the molecule is CCNC(=NCC(c1cccnc1)C(C)C)NC(C)CCS(C)(=O)=O. The van der Waals surface area contributed by atoms with Crippen LogP contribution >= 0.6 is 0 Å². The average molecular weight is 369 g/mol. The molecule has 0 fully saturated rings. The summed E-state index contributed by atoms with van der Waals surface area (Å²) in [7, 11) is -2.95. The van der Waals surface area contributed by atoms with Crippen LogP contribution in [0, 0.1) is 5.92 Å². The van der Waals surface area contributed by atoms with Crippen LogP contribution in [-0.2, 0) is 9.84 Å². The van der Waals surface area contributed by atoms with E-state index in [-0.39, 0.29) is 17.7 Å². The van der Waals surface area contributed by atoms with Gasteiger partial charge in [0.15, 0.2) is 5.96 Å². The van der Waals surface area contributed by atoms with E-state index in [1.165, 1.54) is 11.8 Å². The van der Waals surface area contributed by atoms with Gasteiger partial charge in [-0.15, -0.1) is 0 Å². The molecule has 0 aliphatic heterocycles. The van der Waals surface area contributed by atoms with E-state index >= 15 is 0 Å². The van der Waals surface area contributed by atoms with Gasteiger partial charge in [0.1, 0.15) is 9.84 Å². The first-order valence-electron chi connectivity index (χ1n) is 8.85. The number of sulfone groups is 1. The van der Waals surface area contributed by atoms with Gasteiger partial charge in [-0.3, -0.25) is 9.98 Å². The van der Waals surface area contributed by atoms with E-state index < -0.39 is 9.84 Å². The topological polar surface area (TPSA) is 83.4 Å². The third-order valence-electron chi connectivity index (χ3n) is 4.01. The van der Waals surface area contributed by atoms with Gasteiger partial charge in [-0.05, 0) is 37.8 Å². The maximum absolute atomic E-state index is 11.3. The molecule has 0 aliphatic carbocycles. The highest BCUT2D eigenvalue weighted by Gasteiger charge is 2.16. The van der Waals surface area contributed by atoms with E-state index in [1.807, 2.05) is 26.1 Å². The second kappa shape index (κ2) is 10.4. The Bertz CT molecular complexity index is 630. The second-order valence-electron chi connectivity index (χ2n) is 6.82. The van der Waals surface area contributed by atoms with Crippen LogP contribution < -0.4 is 10.6 Å². The number of hydrogen-bond donors (Lipinski definition) is 2. The summed E-state index contributed by atoms with van der Waals surface area (Å²) >= 11 is 0. The normalized spacial score (nSPS) is 15.0. The van der Waals surface area contributed by atoms with Gasteiger partial charge in [0.25, 0.3) is 0 Å². The summed E-state index contributed by atoms with van der Waals surface area (Å²) in [6, 6.07) is 4.07. The Hall–Kier alpha value is -1.63. The molecule has 0 saturated carbocycles. The fourth-order valence-corrected chi connectivity index (χ4v) is 3.28. The number of aromatic nitrogens is 1. The Morgan fingerprint density at radius 3 is 2.56 bits per heavy atom. The summed E-state index contributed by atoms with van der Waals surface area (Å²) < 4.78 is 22.6. The Morgan fingerprint density at radius 2 is 2.04 bits per heavy atom. The molecule has 1 heterocycles. The minimum atomic E-state index is -2.95. The molecule has 2 atom stereocenters. The number of nitrogens with zero attached hydrogens (tertiary/aromatic N) is 2. The quantitative estimate of drug-likeness (QED) is 0.516. The van der Waals surface area contributed by atoms with Crippen LogP contribution in [-0.4, -0.2) is 50.5 Å². The van der Waals surface area contributed by atoms with Gasteiger partial charge in [-0.2, -0.15) is 0 Å². The smallest absolute Gasteiger partial charge is 0.191 e. The fourth-order valence-electron chi connectivity index (χ4n) is 2.50. The van der Waals surface area contributed by atoms with Crippen LogP contribution in [0.5, 0.6) is 0 Å². The Labute approximate surface area is 152 Å². The number of rotatable bonds is 9. The van der Waals surface area contributed by atoms with Crippen molar-refractivity contribution in [3.8, 4) is 0 Å². The van der Waals surface area contributed by atoms with E-state index in [0.29, 0.717) is 18.9 Å². The molecule has 0 radical (unpaired) electrons. The number of aliphatic imine (C=N–C) groups is 1. The minimum Gasteiger partial charge on any atom is -0.357 e. The molecule has 7 heteroatoms. The van der Waals surface area contributed by atoms with E-state index in [2.05, 4.69) is 35.5 Å². The van der Waals surface area contributed by atoms with E-state index in [9.17, 15) is 8.42 Å². The summed E-state index contributed by atoms with van der Waals surface area (Å²) in [5.41, 5.74) is 1.18. The van der Waals surface area contributed by atoms with Crippen molar-refractivity contribution >= 4 is 15.8 Å². The molecule has 1 aromatic heterocycles. The van der Waals surface area contributed by atoms with Crippen LogP contribution in [0.15, 0.2) is 29.5 Å². The van der Waals surface area contributed by atoms with E-state index in [1.54, 1.807) is 6.20 Å². The van der Waals surface area contributed by atoms with Crippen molar-refractivity contribution in [3.05, 3.63) is 30.1 Å². The summed E-state index contributed by atoms with van der Waals surface area (Å²) in [5, 5.41) is 6.53. The summed E-state index contributed by atoms with van der Waals surface area (Å²) in [6.07, 6.45) is 5.49. The highest BCUT2D eigenvalue weighted by Crippen LogP contribution is 2.23. The number of pyridine rings is 1. The molecule has 0 bridgehead atoms. The van der Waals surface area contributed by atoms with Crippen molar-refractivity contribution in [1.29, 1.82) is 0 Å². The van der Waals surface area contributed by atoms with Gasteiger partial charge in [-0.1, -0.05) is 19.9 Å². The highest BCUT2D eigenvalue weighted by atomic mass is 32.2. The number of hydrogen-bond acceptors (Lipinski definition) is 4. The zero-order chi connectivity index (χ0) is 18.9. The van der Waals surface area contributed by atoms with Crippen LogP contribution in [0.4, 0.5) is 0 Å². The van der Waals surface area contributed by atoms with Crippen LogP contribution in [0.2, 0.25) is 0 Å². The Morgan fingerprint density at radius 1 is 1.32 bits per heavy atom. The summed E-state index contributed by atoms with van der Waals surface area (Å²) in [5.74, 6) is 1.62. The molecular weight excluding hydrogens is 336 g/mol. The molecule has 6 nitrogen and oxygen atoms in total. The van der Waals surface area contributed by atoms with Crippen molar-refractivity contribution in [1.82, 2.24) is 15.6 Å². The van der Waals surface area contributed by atoms with E-state index in [4.69, 9.17) is 4.99 Å². The first kappa shape index (κ1) is 21.4. The van der Waals surface area contributed by atoms with Crippen LogP contribution in [0.1, 0.15) is 45.6 Å². The zero-order valence-corrected chi connectivity index (χ0v) is 16.8. The van der Waals surface area contributed by atoms with Crippen molar-refractivity contribution in [2.75, 3.05) is 25.1 Å². The van der Waals surface area contributed by atoms with Gasteiger partial charge in [-0.25, -0.2) is 8.42 Å². The molecule has 2 unspecified atom stereocenters. The predicted octanol–water partition coefficient (Wildman–Crippen LogP) is 2.20. The third-order valence-corrected chi connectivity index (χ3v) is 4.99. The fraction of sp³-hybridized carbons (Fsp3) is 0.667. The lowest BCUT2D eigenvalue weighted by atomic mass is 9.89. The van der Waals surface area contributed by atoms with Crippen molar-refractivity contribution in [2.45, 2.75) is 46.1 Å². The molecule has 0 amide bonds. The van der Waals surface area contributed by atoms with Gasteiger partial charge in [0.05, 0.1) is 5.75 Å². The average Bonchev–Trinajstić information content (AvgIpc) is 2.53. The van der Waals surface area contributed by atoms with Gasteiger partial charge in [0.2, 0.25) is 0 Å². The number of nitrogens with one attached hydrogen (secondary N) is 2. The lowest BCUT2D eigenvalue weighted by Crippen LogP contribution is -2.43. The number of guanidine groups is 1. The molecular formula is C18H32N4O2S. The molecule has 0 aliphatic rings. The van der Waals surface area contributed by atoms with Gasteiger partial charge < -0.3 is 10.6 Å². The molecule has 1 rings (SSSR count). The summed E-state index contributed by atoms with van der Waals surface area (Å²) in [4.78, 5) is 8.92. The Balaban J connectivity index is 2.75. The summed E-state index contributed by atoms with van der Waals surface area (Å²) in [6.45, 7) is 9.75. The molecule has 0 saturated heterocycles. The molecule has 2 N–H and O–H groups in total. The van der Waals surface area contributed by atoms with Crippen molar-refractivity contribution < 1.29 is 8.42 Å². The molecule has 1 aromatic rings. The molecule has 142 valence electrons. The maximum atomic E-state index is 11.3. The second-order valence-corrected chi connectivity index (χ2v) is 9.08. The lowest BCUT2D eigenvalue weighted by Gasteiger charge is -2.21.